The number of benzene rings is 2. The van der Waals surface area contributed by atoms with Crippen molar-refractivity contribution in [2.75, 3.05) is 0 Å². The van der Waals surface area contributed by atoms with Gasteiger partial charge in [-0.15, -0.1) is 0 Å². The number of carbonyl (C=O) groups is 2. The first-order valence-corrected chi connectivity index (χ1v) is 9.33. The van der Waals surface area contributed by atoms with E-state index in [1.807, 2.05) is 50.2 Å². The summed E-state index contributed by atoms with van der Waals surface area (Å²) >= 11 is 6.39. The first-order chi connectivity index (χ1) is 12.9. The molecule has 2 aromatic rings. The van der Waals surface area contributed by atoms with Gasteiger partial charge in [-0.1, -0.05) is 74.0 Å². The summed E-state index contributed by atoms with van der Waals surface area (Å²) in [5.74, 6) is -1.13. The van der Waals surface area contributed by atoms with Crippen LogP contribution in [0.2, 0.25) is 5.02 Å². The van der Waals surface area contributed by atoms with E-state index >= 15 is 0 Å². The Morgan fingerprint density at radius 1 is 1.11 bits per heavy atom. The fourth-order valence-electron chi connectivity index (χ4n) is 3.38. The van der Waals surface area contributed by atoms with E-state index in [4.69, 9.17) is 11.6 Å². The second-order valence-corrected chi connectivity index (χ2v) is 7.53. The Morgan fingerprint density at radius 2 is 1.74 bits per heavy atom. The van der Waals surface area contributed by atoms with Crippen LogP contribution in [-0.2, 0) is 16.1 Å². The highest BCUT2D eigenvalue weighted by Gasteiger charge is 2.43. The lowest BCUT2D eigenvalue weighted by molar-refractivity contribution is -0.130. The van der Waals surface area contributed by atoms with Crippen LogP contribution >= 0.6 is 11.6 Å². The van der Waals surface area contributed by atoms with Crippen LogP contribution in [0.3, 0.4) is 0 Å². The molecule has 0 aliphatic carbocycles. The van der Waals surface area contributed by atoms with Gasteiger partial charge in [0.1, 0.15) is 0 Å². The van der Waals surface area contributed by atoms with Crippen LogP contribution in [0.4, 0.5) is 0 Å². The molecule has 1 unspecified atom stereocenters. The summed E-state index contributed by atoms with van der Waals surface area (Å²) in [6, 6.07) is 15.9. The molecule has 1 heterocycles. The van der Waals surface area contributed by atoms with E-state index in [1.165, 1.54) is 4.90 Å². The summed E-state index contributed by atoms with van der Waals surface area (Å²) in [4.78, 5) is 27.2. The van der Waals surface area contributed by atoms with E-state index in [-0.39, 0.29) is 30.2 Å². The molecule has 27 heavy (non-hydrogen) atoms. The van der Waals surface area contributed by atoms with Crippen molar-refractivity contribution in [2.24, 2.45) is 5.92 Å². The number of hydrogen-bond acceptors (Lipinski definition) is 3. The molecule has 0 spiro atoms. The number of ketones is 1. The Kier molecular flexibility index (Phi) is 5.66. The molecule has 140 valence electrons. The summed E-state index contributed by atoms with van der Waals surface area (Å²) in [7, 11) is 0. The number of aliphatic hydroxyl groups is 1. The minimum absolute atomic E-state index is 0.114. The average Bonchev–Trinajstić information content (AvgIpc) is 2.87. The summed E-state index contributed by atoms with van der Waals surface area (Å²) in [5.41, 5.74) is 1.69. The second-order valence-electron chi connectivity index (χ2n) is 7.13. The highest BCUT2D eigenvalue weighted by molar-refractivity contribution is 6.31. The van der Waals surface area contributed by atoms with Crippen molar-refractivity contribution < 1.29 is 14.7 Å². The summed E-state index contributed by atoms with van der Waals surface area (Å²) in [6.07, 6.45) is 0.257. The number of carbonyl (C=O) groups excluding carboxylic acids is 2. The normalized spacial score (nSPS) is 17.1. The number of Topliss-reactive ketones (excluding diaryl/α,β-unsaturated/α-hetero) is 1. The van der Waals surface area contributed by atoms with E-state index in [1.54, 1.807) is 18.2 Å². The largest absolute Gasteiger partial charge is 0.503 e. The van der Waals surface area contributed by atoms with Gasteiger partial charge in [0.05, 0.1) is 11.6 Å². The first-order valence-electron chi connectivity index (χ1n) is 8.95. The van der Waals surface area contributed by atoms with E-state index in [2.05, 4.69) is 0 Å². The van der Waals surface area contributed by atoms with Gasteiger partial charge in [-0.25, -0.2) is 0 Å². The van der Waals surface area contributed by atoms with Crippen LogP contribution in [0.5, 0.6) is 0 Å². The van der Waals surface area contributed by atoms with Gasteiger partial charge < -0.3 is 10.0 Å². The number of amides is 1. The number of halogens is 1. The molecule has 3 rings (SSSR count). The number of rotatable bonds is 6. The highest BCUT2D eigenvalue weighted by Crippen LogP contribution is 2.41. The predicted octanol–water partition coefficient (Wildman–Crippen LogP) is 4.85. The maximum atomic E-state index is 12.9. The molecule has 0 fully saturated rings. The van der Waals surface area contributed by atoms with Gasteiger partial charge >= 0.3 is 0 Å². The molecule has 5 heteroatoms. The van der Waals surface area contributed by atoms with Crippen LogP contribution < -0.4 is 0 Å². The monoisotopic (exact) mass is 383 g/mol. The van der Waals surface area contributed by atoms with Crippen molar-refractivity contribution in [3.63, 3.8) is 0 Å². The molecule has 0 aromatic heterocycles. The molecule has 1 N–H and O–H groups in total. The maximum absolute atomic E-state index is 12.9. The molecule has 2 aromatic carbocycles. The van der Waals surface area contributed by atoms with E-state index < -0.39 is 17.7 Å². The van der Waals surface area contributed by atoms with Gasteiger partial charge in [0.15, 0.2) is 11.5 Å². The van der Waals surface area contributed by atoms with Gasteiger partial charge in [0, 0.05) is 18.0 Å². The Balaban J connectivity index is 2.07. The molecule has 1 amide bonds. The third-order valence-electron chi connectivity index (χ3n) is 4.59. The summed E-state index contributed by atoms with van der Waals surface area (Å²) in [5, 5.41) is 11.0. The van der Waals surface area contributed by atoms with Crippen molar-refractivity contribution in [1.82, 2.24) is 4.90 Å². The molecule has 0 saturated carbocycles. The van der Waals surface area contributed by atoms with Gasteiger partial charge in [0.25, 0.3) is 5.91 Å². The molecule has 0 radical (unpaired) electrons. The van der Waals surface area contributed by atoms with Crippen molar-refractivity contribution in [1.29, 1.82) is 0 Å². The lowest BCUT2D eigenvalue weighted by atomic mass is 9.92. The summed E-state index contributed by atoms with van der Waals surface area (Å²) < 4.78 is 0. The van der Waals surface area contributed by atoms with Gasteiger partial charge in [-0.05, 0) is 23.1 Å². The maximum Gasteiger partial charge on any atom is 0.290 e. The zero-order valence-electron chi connectivity index (χ0n) is 15.4. The number of aliphatic hydroxyl groups excluding tert-OH is 1. The fourth-order valence-corrected chi connectivity index (χ4v) is 3.62. The average molecular weight is 384 g/mol. The molecular weight excluding hydrogens is 362 g/mol. The van der Waals surface area contributed by atoms with Gasteiger partial charge in [-0.3, -0.25) is 9.59 Å². The molecular formula is C22H22ClNO3. The van der Waals surface area contributed by atoms with Crippen LogP contribution in [0.15, 0.2) is 65.9 Å². The van der Waals surface area contributed by atoms with Crippen molar-refractivity contribution in [3.8, 4) is 0 Å². The van der Waals surface area contributed by atoms with Crippen molar-refractivity contribution in [3.05, 3.63) is 82.1 Å². The Labute approximate surface area is 164 Å². The lowest BCUT2D eigenvalue weighted by Gasteiger charge is -2.27. The molecule has 0 bridgehead atoms. The fraction of sp³-hybridized carbons (Fsp3) is 0.273. The van der Waals surface area contributed by atoms with Crippen LogP contribution in [0.1, 0.15) is 37.4 Å². The molecule has 0 saturated heterocycles. The molecule has 4 nitrogen and oxygen atoms in total. The zero-order valence-corrected chi connectivity index (χ0v) is 16.1. The van der Waals surface area contributed by atoms with Crippen LogP contribution in [-0.4, -0.2) is 21.7 Å². The predicted molar refractivity (Wildman–Crippen MR) is 105 cm³/mol. The Morgan fingerprint density at radius 3 is 2.37 bits per heavy atom. The topological polar surface area (TPSA) is 57.6 Å². The molecule has 1 atom stereocenters. The number of hydrogen-bond donors (Lipinski definition) is 1. The molecule has 1 aliphatic heterocycles. The minimum Gasteiger partial charge on any atom is -0.503 e. The zero-order chi connectivity index (χ0) is 19.6. The summed E-state index contributed by atoms with van der Waals surface area (Å²) in [6.45, 7) is 4.13. The lowest BCUT2D eigenvalue weighted by Crippen LogP contribution is -2.31. The third-order valence-corrected chi connectivity index (χ3v) is 4.94. The quantitative estimate of drug-likeness (QED) is 0.775. The minimum atomic E-state index is -0.697. The van der Waals surface area contributed by atoms with Gasteiger partial charge in [0.2, 0.25) is 0 Å². The highest BCUT2D eigenvalue weighted by atomic mass is 35.5. The number of nitrogens with zero attached hydrogens (tertiary/aromatic N) is 1. The van der Waals surface area contributed by atoms with E-state index in [0.717, 1.165) is 5.56 Å². The van der Waals surface area contributed by atoms with Crippen molar-refractivity contribution >= 4 is 23.3 Å². The standard InChI is InChI=1S/C22H22ClNO3/c1-14(2)12-18(25)19-20(16-10-6-7-11-17(16)23)24(22(27)21(19)26)13-15-8-4-3-5-9-15/h3-11,14,20,26H,12-13H2,1-2H3. The van der Waals surface area contributed by atoms with Gasteiger partial charge in [-0.2, -0.15) is 0 Å². The molecule has 1 aliphatic rings. The van der Waals surface area contributed by atoms with Crippen LogP contribution in [0.25, 0.3) is 0 Å². The van der Waals surface area contributed by atoms with Crippen molar-refractivity contribution in [2.45, 2.75) is 32.9 Å². The van der Waals surface area contributed by atoms with E-state index in [9.17, 15) is 14.7 Å². The Bertz CT molecular complexity index is 889. The Hall–Kier alpha value is -2.59. The SMILES string of the molecule is CC(C)CC(=O)C1=C(O)C(=O)N(Cc2ccccc2)C1c1ccccc1Cl. The second kappa shape index (κ2) is 7.97. The first kappa shape index (κ1) is 19.2. The van der Waals surface area contributed by atoms with E-state index in [0.29, 0.717) is 10.6 Å². The smallest absolute Gasteiger partial charge is 0.290 e. The van der Waals surface area contributed by atoms with Crippen LogP contribution in [0, 0.1) is 5.92 Å². The third kappa shape index (κ3) is 3.91.